The fraction of sp³-hybridized carbons (Fsp3) is 0.423. The summed E-state index contributed by atoms with van der Waals surface area (Å²) in [5.41, 5.74) is 2.23. The number of ether oxygens (including phenoxy) is 1. The van der Waals surface area contributed by atoms with Crippen molar-refractivity contribution >= 4 is 34.6 Å². The van der Waals surface area contributed by atoms with Crippen LogP contribution in [0, 0.1) is 13.8 Å². The zero-order valence-electron chi connectivity index (χ0n) is 19.4. The second-order valence-electron chi connectivity index (χ2n) is 8.59. The van der Waals surface area contributed by atoms with Gasteiger partial charge in [0.25, 0.3) is 0 Å². The molecule has 0 bridgehead atoms. The maximum Gasteiger partial charge on any atom is 0.358 e. The molecule has 0 unspecified atom stereocenters. The van der Waals surface area contributed by atoms with E-state index in [1.54, 1.807) is 18.3 Å². The Balaban J connectivity index is 1.54. The van der Waals surface area contributed by atoms with Crippen LogP contribution in [0.5, 0.6) is 0 Å². The number of amides is 1. The molecule has 4 rings (SSSR count). The third kappa shape index (κ3) is 5.36. The van der Waals surface area contributed by atoms with Gasteiger partial charge < -0.3 is 9.64 Å². The van der Waals surface area contributed by atoms with E-state index in [0.717, 1.165) is 41.1 Å². The smallest absolute Gasteiger partial charge is 0.358 e. The largest absolute Gasteiger partial charge is 0.461 e. The highest BCUT2D eigenvalue weighted by atomic mass is 32.1. The number of thiazole rings is 1. The molecule has 0 atom stereocenters. The predicted octanol–water partition coefficient (Wildman–Crippen LogP) is 5.69. The van der Waals surface area contributed by atoms with Gasteiger partial charge in [0.1, 0.15) is 5.01 Å². The Labute approximate surface area is 203 Å². The maximum absolute atomic E-state index is 13.9. The summed E-state index contributed by atoms with van der Waals surface area (Å²) >= 11 is 3.22. The summed E-state index contributed by atoms with van der Waals surface area (Å²) in [5, 5.41) is 2.86. The number of carbonyl (C=O) groups excluding carboxylic acids is 2. The van der Waals surface area contributed by atoms with Crippen LogP contribution in [0.3, 0.4) is 0 Å². The number of nitrogens with zero attached hydrogens (tertiary/aromatic N) is 2. The van der Waals surface area contributed by atoms with Gasteiger partial charge in [0.2, 0.25) is 5.91 Å². The van der Waals surface area contributed by atoms with E-state index in [1.165, 1.54) is 21.8 Å². The van der Waals surface area contributed by atoms with E-state index in [0.29, 0.717) is 25.4 Å². The van der Waals surface area contributed by atoms with Crippen LogP contribution in [-0.4, -0.2) is 34.9 Å². The van der Waals surface area contributed by atoms with Gasteiger partial charge in [0.05, 0.1) is 18.6 Å². The summed E-state index contributed by atoms with van der Waals surface area (Å²) in [6.07, 6.45) is 3.60. The summed E-state index contributed by atoms with van der Waals surface area (Å²) in [4.78, 5) is 34.7. The highest BCUT2D eigenvalue weighted by molar-refractivity contribution is 7.11. The fourth-order valence-electron chi connectivity index (χ4n) is 4.15. The maximum atomic E-state index is 13.9. The molecule has 0 aliphatic heterocycles. The molecule has 2 aromatic heterocycles. The molecule has 1 aromatic carbocycles. The minimum Gasteiger partial charge on any atom is -0.461 e. The average Bonchev–Trinajstić information content (AvgIpc) is 3.27. The van der Waals surface area contributed by atoms with E-state index in [-0.39, 0.29) is 5.91 Å². The third-order valence-corrected chi connectivity index (χ3v) is 8.01. The summed E-state index contributed by atoms with van der Waals surface area (Å²) in [5.74, 6) is -0.227. The number of esters is 1. The van der Waals surface area contributed by atoms with E-state index >= 15 is 0 Å². The lowest BCUT2D eigenvalue weighted by Crippen LogP contribution is -2.39. The first-order valence-corrected chi connectivity index (χ1v) is 13.1. The molecular formula is C26H30N2O3S2. The molecule has 1 aliphatic carbocycles. The van der Waals surface area contributed by atoms with Crippen molar-refractivity contribution in [3.8, 4) is 0 Å². The molecular weight excluding hydrogens is 452 g/mol. The average molecular weight is 483 g/mol. The first kappa shape index (κ1) is 23.6. The summed E-state index contributed by atoms with van der Waals surface area (Å²) in [6, 6.07) is 12.6. The van der Waals surface area contributed by atoms with Crippen LogP contribution in [0.4, 0.5) is 0 Å². The van der Waals surface area contributed by atoms with E-state index in [4.69, 9.17) is 4.74 Å². The standard InChI is InChI=1S/C26H30N2O3S2/c1-4-31-24(29)23-19(3)33-22(27-23)17-28(15-5-7-21-8-6-16-32-21)25(30)26(13-14-26)20-11-9-18(2)10-12-20/h6,8-12,16H,4-5,7,13-15,17H2,1-3H3. The van der Waals surface area contributed by atoms with E-state index in [1.807, 2.05) is 11.8 Å². The predicted molar refractivity (Wildman–Crippen MR) is 133 cm³/mol. The number of benzene rings is 1. The van der Waals surface area contributed by atoms with Crippen LogP contribution in [0.15, 0.2) is 41.8 Å². The molecule has 0 radical (unpaired) electrons. The Hall–Kier alpha value is -2.51. The highest BCUT2D eigenvalue weighted by Crippen LogP contribution is 2.50. The molecule has 0 N–H and O–H groups in total. The van der Waals surface area contributed by atoms with Crippen LogP contribution >= 0.6 is 22.7 Å². The van der Waals surface area contributed by atoms with Crippen molar-refractivity contribution in [2.45, 2.75) is 58.4 Å². The highest BCUT2D eigenvalue weighted by Gasteiger charge is 2.53. The normalized spacial score (nSPS) is 14.2. The van der Waals surface area contributed by atoms with Crippen molar-refractivity contribution in [1.82, 2.24) is 9.88 Å². The Morgan fingerprint density at radius 3 is 2.55 bits per heavy atom. The SMILES string of the molecule is CCOC(=O)c1nc(CN(CCCc2cccs2)C(=O)C2(c3ccc(C)cc3)CC2)sc1C. The van der Waals surface area contributed by atoms with Gasteiger partial charge in [-0.15, -0.1) is 22.7 Å². The zero-order valence-corrected chi connectivity index (χ0v) is 21.1. The van der Waals surface area contributed by atoms with Gasteiger partial charge in [0, 0.05) is 16.3 Å². The van der Waals surface area contributed by atoms with Gasteiger partial charge in [-0.1, -0.05) is 35.9 Å². The van der Waals surface area contributed by atoms with Gasteiger partial charge in [-0.25, -0.2) is 9.78 Å². The van der Waals surface area contributed by atoms with Crippen LogP contribution in [-0.2, 0) is 27.9 Å². The molecule has 3 aromatic rings. The summed E-state index contributed by atoms with van der Waals surface area (Å²) in [6.45, 7) is 7.13. The molecule has 5 nitrogen and oxygen atoms in total. The van der Waals surface area contributed by atoms with Crippen LogP contribution < -0.4 is 0 Å². The van der Waals surface area contributed by atoms with Crippen molar-refractivity contribution in [3.05, 3.63) is 73.4 Å². The van der Waals surface area contributed by atoms with Gasteiger partial charge in [0.15, 0.2) is 5.69 Å². The van der Waals surface area contributed by atoms with Crippen molar-refractivity contribution in [2.24, 2.45) is 0 Å². The monoisotopic (exact) mass is 482 g/mol. The lowest BCUT2D eigenvalue weighted by atomic mass is 9.93. The fourth-order valence-corrected chi connectivity index (χ4v) is 5.84. The zero-order chi connectivity index (χ0) is 23.4. The molecule has 174 valence electrons. The molecule has 1 fully saturated rings. The number of thiophene rings is 1. The van der Waals surface area contributed by atoms with Crippen LogP contribution in [0.25, 0.3) is 0 Å². The second-order valence-corrected chi connectivity index (χ2v) is 10.9. The minimum atomic E-state index is -0.424. The van der Waals surface area contributed by atoms with Gasteiger partial charge in [-0.2, -0.15) is 0 Å². The number of hydrogen-bond donors (Lipinski definition) is 0. The molecule has 0 spiro atoms. The quantitative estimate of drug-likeness (QED) is 0.348. The Bertz CT molecular complexity index is 1100. The molecule has 33 heavy (non-hydrogen) atoms. The van der Waals surface area contributed by atoms with E-state index in [9.17, 15) is 9.59 Å². The Morgan fingerprint density at radius 1 is 1.15 bits per heavy atom. The first-order valence-electron chi connectivity index (χ1n) is 11.5. The third-order valence-electron chi connectivity index (χ3n) is 6.12. The van der Waals surface area contributed by atoms with Gasteiger partial charge >= 0.3 is 5.97 Å². The van der Waals surface area contributed by atoms with E-state index < -0.39 is 11.4 Å². The topological polar surface area (TPSA) is 59.5 Å². The van der Waals surface area contributed by atoms with Crippen LogP contribution in [0.1, 0.15) is 62.6 Å². The first-order chi connectivity index (χ1) is 15.9. The molecule has 0 saturated heterocycles. The molecule has 7 heteroatoms. The second kappa shape index (κ2) is 10.2. The van der Waals surface area contributed by atoms with Gasteiger partial charge in [-0.3, -0.25) is 4.79 Å². The molecule has 1 amide bonds. The van der Waals surface area contributed by atoms with Crippen molar-refractivity contribution in [3.63, 3.8) is 0 Å². The minimum absolute atomic E-state index is 0.170. The molecule has 2 heterocycles. The number of hydrogen-bond acceptors (Lipinski definition) is 6. The lowest BCUT2D eigenvalue weighted by molar-refractivity contribution is -0.134. The molecule has 1 aliphatic rings. The Morgan fingerprint density at radius 2 is 1.91 bits per heavy atom. The summed E-state index contributed by atoms with van der Waals surface area (Å²) in [7, 11) is 0. The van der Waals surface area contributed by atoms with Crippen LogP contribution in [0.2, 0.25) is 0 Å². The Kier molecular flexibility index (Phi) is 7.29. The van der Waals surface area contributed by atoms with Crippen molar-refractivity contribution < 1.29 is 14.3 Å². The van der Waals surface area contributed by atoms with Crippen molar-refractivity contribution in [2.75, 3.05) is 13.2 Å². The van der Waals surface area contributed by atoms with E-state index in [2.05, 4.69) is 53.7 Å². The number of carbonyl (C=O) groups is 2. The van der Waals surface area contributed by atoms with Gasteiger partial charge in [-0.05, 0) is 63.5 Å². The van der Waals surface area contributed by atoms with Crippen molar-refractivity contribution in [1.29, 1.82) is 0 Å². The summed E-state index contributed by atoms with van der Waals surface area (Å²) < 4.78 is 5.14. The molecule has 1 saturated carbocycles. The lowest BCUT2D eigenvalue weighted by Gasteiger charge is -2.27. The number of aryl methyl sites for hydroxylation is 3. The number of rotatable bonds is 10. The number of aromatic nitrogens is 1.